The second-order valence-electron chi connectivity index (χ2n) is 7.00. The Hall–Kier alpha value is -1.76. The minimum absolute atomic E-state index is 0.0615. The van der Waals surface area contributed by atoms with Crippen LogP contribution < -0.4 is 0 Å². The monoisotopic (exact) mass is 358 g/mol. The Morgan fingerprint density at radius 3 is 2.64 bits per heavy atom. The van der Waals surface area contributed by atoms with Crippen molar-refractivity contribution in [2.75, 3.05) is 19.6 Å². The minimum atomic E-state index is -4.39. The molecule has 1 saturated heterocycles. The lowest BCUT2D eigenvalue weighted by Crippen LogP contribution is -2.50. The van der Waals surface area contributed by atoms with E-state index in [0.29, 0.717) is 19.6 Å². The molecule has 1 aliphatic rings. The van der Waals surface area contributed by atoms with E-state index in [9.17, 15) is 23.1 Å². The maximum Gasteiger partial charge on any atom is 0.416 e. The van der Waals surface area contributed by atoms with E-state index < -0.39 is 17.8 Å². The molecule has 1 fully saturated rings. The van der Waals surface area contributed by atoms with E-state index in [-0.39, 0.29) is 24.1 Å². The van der Waals surface area contributed by atoms with Crippen LogP contribution in [0.2, 0.25) is 0 Å². The molecule has 1 heterocycles. The molecule has 0 bridgehead atoms. The zero-order valence-corrected chi connectivity index (χ0v) is 14.6. The predicted octanol–water partition coefficient (Wildman–Crippen LogP) is 4.31. The molecule has 1 unspecified atom stereocenters. The van der Waals surface area contributed by atoms with Crippen molar-refractivity contribution in [1.82, 2.24) is 9.80 Å². The topological polar surface area (TPSA) is 43.8 Å². The van der Waals surface area contributed by atoms with Crippen LogP contribution in [0, 0.1) is 5.92 Å². The van der Waals surface area contributed by atoms with Gasteiger partial charge in [-0.2, -0.15) is 13.2 Å². The molecule has 7 heteroatoms. The van der Waals surface area contributed by atoms with E-state index in [2.05, 4.69) is 0 Å². The SMILES string of the molecule is CC(C)CN(Cc1ccccc1C(F)(F)F)C1CCCN(C(=O)O)C1. The number of hydrogen-bond donors (Lipinski definition) is 1. The number of nitrogens with zero attached hydrogens (tertiary/aromatic N) is 2. The Kier molecular flexibility index (Phi) is 6.32. The molecule has 0 saturated carbocycles. The molecule has 1 aromatic carbocycles. The lowest BCUT2D eigenvalue weighted by molar-refractivity contribution is -0.138. The fourth-order valence-electron chi connectivity index (χ4n) is 3.39. The van der Waals surface area contributed by atoms with Crippen LogP contribution in [0.4, 0.5) is 18.0 Å². The molecular weight excluding hydrogens is 333 g/mol. The average molecular weight is 358 g/mol. The maximum atomic E-state index is 13.3. The number of piperidine rings is 1. The van der Waals surface area contributed by atoms with Crippen molar-refractivity contribution < 1.29 is 23.1 Å². The van der Waals surface area contributed by atoms with Gasteiger partial charge in [0.2, 0.25) is 0 Å². The lowest BCUT2D eigenvalue weighted by Gasteiger charge is -2.39. The number of halogens is 3. The van der Waals surface area contributed by atoms with E-state index in [1.54, 1.807) is 6.07 Å². The number of rotatable bonds is 5. The fourth-order valence-corrected chi connectivity index (χ4v) is 3.39. The van der Waals surface area contributed by atoms with Crippen molar-refractivity contribution in [2.24, 2.45) is 5.92 Å². The van der Waals surface area contributed by atoms with Crippen molar-refractivity contribution in [3.63, 3.8) is 0 Å². The summed E-state index contributed by atoms with van der Waals surface area (Å²) in [6, 6.07) is 5.56. The van der Waals surface area contributed by atoms with Gasteiger partial charge in [-0.3, -0.25) is 4.90 Å². The molecule has 1 atom stereocenters. The van der Waals surface area contributed by atoms with E-state index in [4.69, 9.17) is 0 Å². The molecule has 4 nitrogen and oxygen atoms in total. The number of benzene rings is 1. The molecule has 25 heavy (non-hydrogen) atoms. The summed E-state index contributed by atoms with van der Waals surface area (Å²) in [4.78, 5) is 14.6. The summed E-state index contributed by atoms with van der Waals surface area (Å²) < 4.78 is 39.8. The van der Waals surface area contributed by atoms with Crippen LogP contribution in [0.1, 0.15) is 37.8 Å². The molecule has 1 amide bonds. The van der Waals surface area contributed by atoms with Crippen LogP contribution in [0.3, 0.4) is 0 Å². The van der Waals surface area contributed by atoms with Crippen LogP contribution in [0.5, 0.6) is 0 Å². The van der Waals surface area contributed by atoms with Crippen LogP contribution >= 0.6 is 0 Å². The van der Waals surface area contributed by atoms with Crippen LogP contribution in [0.15, 0.2) is 24.3 Å². The third kappa shape index (κ3) is 5.36. The van der Waals surface area contributed by atoms with Crippen LogP contribution in [-0.4, -0.2) is 46.7 Å². The number of hydrogen-bond acceptors (Lipinski definition) is 2. The number of alkyl halides is 3. The van der Waals surface area contributed by atoms with E-state index in [1.165, 1.54) is 17.0 Å². The highest BCUT2D eigenvalue weighted by Crippen LogP contribution is 2.33. The standard InChI is InChI=1S/C18H25F3N2O2/c1-13(2)10-23(15-7-5-9-22(12-15)17(24)25)11-14-6-3-4-8-16(14)18(19,20)21/h3-4,6,8,13,15H,5,7,9-12H2,1-2H3,(H,24,25). The quantitative estimate of drug-likeness (QED) is 0.853. The average Bonchev–Trinajstić information content (AvgIpc) is 2.53. The Labute approximate surface area is 146 Å². The lowest BCUT2D eigenvalue weighted by atomic mass is 10.00. The molecule has 1 aliphatic heterocycles. The van der Waals surface area contributed by atoms with Gasteiger partial charge in [0, 0.05) is 32.2 Å². The Morgan fingerprint density at radius 1 is 1.36 bits per heavy atom. The minimum Gasteiger partial charge on any atom is -0.465 e. The molecule has 0 radical (unpaired) electrons. The summed E-state index contributed by atoms with van der Waals surface area (Å²) >= 11 is 0. The van der Waals surface area contributed by atoms with Gasteiger partial charge in [-0.1, -0.05) is 32.0 Å². The predicted molar refractivity (Wildman–Crippen MR) is 89.3 cm³/mol. The third-order valence-corrected chi connectivity index (χ3v) is 4.48. The number of carboxylic acid groups (broad SMARTS) is 1. The van der Waals surface area contributed by atoms with Crippen molar-refractivity contribution >= 4 is 6.09 Å². The van der Waals surface area contributed by atoms with Gasteiger partial charge in [-0.25, -0.2) is 4.79 Å². The summed E-state index contributed by atoms with van der Waals surface area (Å²) in [6.07, 6.45) is -3.83. The summed E-state index contributed by atoms with van der Waals surface area (Å²) in [6.45, 7) is 5.66. The first-order chi connectivity index (χ1) is 11.7. The molecule has 1 N–H and O–H groups in total. The Balaban J connectivity index is 2.23. The van der Waals surface area contributed by atoms with Crippen molar-refractivity contribution in [1.29, 1.82) is 0 Å². The molecule has 0 aromatic heterocycles. The summed E-state index contributed by atoms with van der Waals surface area (Å²) in [5.41, 5.74) is -0.377. The van der Waals surface area contributed by atoms with Crippen LogP contribution in [-0.2, 0) is 12.7 Å². The highest BCUT2D eigenvalue weighted by atomic mass is 19.4. The number of amides is 1. The summed E-state index contributed by atoms with van der Waals surface area (Å²) in [5.74, 6) is 0.276. The zero-order valence-electron chi connectivity index (χ0n) is 14.6. The van der Waals surface area contributed by atoms with Crippen molar-refractivity contribution in [3.05, 3.63) is 35.4 Å². The fraction of sp³-hybridized carbons (Fsp3) is 0.611. The van der Waals surface area contributed by atoms with Gasteiger partial charge >= 0.3 is 12.3 Å². The maximum absolute atomic E-state index is 13.3. The third-order valence-electron chi connectivity index (χ3n) is 4.48. The normalized spacial score (nSPS) is 18.8. The van der Waals surface area contributed by atoms with Gasteiger partial charge < -0.3 is 10.0 Å². The van der Waals surface area contributed by atoms with Gasteiger partial charge in [-0.05, 0) is 30.4 Å². The molecule has 140 valence electrons. The first kappa shape index (κ1) is 19.6. The first-order valence-corrected chi connectivity index (χ1v) is 8.55. The molecule has 0 aliphatic carbocycles. The number of carbonyl (C=O) groups is 1. The molecule has 1 aromatic rings. The van der Waals surface area contributed by atoms with Crippen LogP contribution in [0.25, 0.3) is 0 Å². The second-order valence-corrected chi connectivity index (χ2v) is 7.00. The zero-order chi connectivity index (χ0) is 18.6. The van der Waals surface area contributed by atoms with Gasteiger partial charge in [0.05, 0.1) is 5.56 Å². The highest BCUT2D eigenvalue weighted by Gasteiger charge is 2.34. The van der Waals surface area contributed by atoms with E-state index in [1.807, 2.05) is 18.7 Å². The smallest absolute Gasteiger partial charge is 0.416 e. The number of likely N-dealkylation sites (tertiary alicyclic amines) is 1. The highest BCUT2D eigenvalue weighted by molar-refractivity contribution is 5.65. The molecule has 2 rings (SSSR count). The largest absolute Gasteiger partial charge is 0.465 e. The van der Waals surface area contributed by atoms with Crippen molar-refractivity contribution in [3.8, 4) is 0 Å². The Bertz CT molecular complexity index is 590. The van der Waals surface area contributed by atoms with Gasteiger partial charge in [0.15, 0.2) is 0 Å². The van der Waals surface area contributed by atoms with Crippen molar-refractivity contribution in [2.45, 2.75) is 45.5 Å². The summed E-state index contributed by atoms with van der Waals surface area (Å²) in [7, 11) is 0. The Morgan fingerprint density at radius 2 is 2.04 bits per heavy atom. The van der Waals surface area contributed by atoms with E-state index in [0.717, 1.165) is 18.9 Å². The molecular formula is C18H25F3N2O2. The van der Waals surface area contributed by atoms with Gasteiger partial charge in [-0.15, -0.1) is 0 Å². The first-order valence-electron chi connectivity index (χ1n) is 8.55. The van der Waals surface area contributed by atoms with Gasteiger partial charge in [0.25, 0.3) is 0 Å². The molecule has 0 spiro atoms. The summed E-state index contributed by atoms with van der Waals surface area (Å²) in [5, 5.41) is 9.22. The van der Waals surface area contributed by atoms with E-state index >= 15 is 0 Å². The van der Waals surface area contributed by atoms with Gasteiger partial charge in [0.1, 0.15) is 0 Å². The second kappa shape index (κ2) is 8.08.